The first-order chi connectivity index (χ1) is 18.8. The summed E-state index contributed by atoms with van der Waals surface area (Å²) in [6, 6.07) is 20.8. The van der Waals surface area contributed by atoms with Crippen LogP contribution in [0.4, 0.5) is 0 Å². The Morgan fingerprint density at radius 3 is 1.53 bits per heavy atom. The minimum atomic E-state index is 0.148. The molecule has 2 aliphatic heterocycles. The van der Waals surface area contributed by atoms with Gasteiger partial charge < -0.3 is 9.47 Å². The SMILES string of the molecule is c1ccc(SCc2cn(CC3CCC(C4CCC(Cn5cc(CSc6ccccc6)nn5)O4)O3)nn2)cc1. The number of hydrogen-bond donors (Lipinski definition) is 0. The minimum Gasteiger partial charge on any atom is -0.370 e. The predicted molar refractivity (Wildman–Crippen MR) is 148 cm³/mol. The van der Waals surface area contributed by atoms with E-state index < -0.39 is 0 Å². The fourth-order valence-electron chi connectivity index (χ4n) is 5.04. The summed E-state index contributed by atoms with van der Waals surface area (Å²) in [4.78, 5) is 2.48. The smallest absolute Gasteiger partial charge is 0.0929 e. The lowest BCUT2D eigenvalue weighted by atomic mass is 10.1. The van der Waals surface area contributed by atoms with Crippen molar-refractivity contribution in [3.8, 4) is 0 Å². The normalized spacial score (nSPS) is 23.3. The summed E-state index contributed by atoms with van der Waals surface area (Å²) in [5, 5.41) is 17.4. The van der Waals surface area contributed by atoms with Crippen molar-refractivity contribution in [2.24, 2.45) is 0 Å². The van der Waals surface area contributed by atoms with E-state index in [-0.39, 0.29) is 24.4 Å². The van der Waals surface area contributed by atoms with E-state index in [0.29, 0.717) is 0 Å². The van der Waals surface area contributed by atoms with Crippen molar-refractivity contribution in [1.29, 1.82) is 0 Å². The molecule has 198 valence electrons. The molecule has 0 saturated carbocycles. The summed E-state index contributed by atoms with van der Waals surface area (Å²) in [6.07, 6.45) is 8.78. The van der Waals surface area contributed by atoms with E-state index in [2.05, 4.69) is 69.2 Å². The monoisotopic (exact) mass is 548 g/mol. The molecule has 2 aliphatic rings. The molecule has 4 aromatic rings. The van der Waals surface area contributed by atoms with E-state index in [1.165, 1.54) is 9.79 Å². The molecular weight excluding hydrogens is 516 g/mol. The van der Waals surface area contributed by atoms with Crippen LogP contribution in [-0.4, -0.2) is 54.4 Å². The fourth-order valence-corrected chi connectivity index (χ4v) is 6.63. The lowest BCUT2D eigenvalue weighted by Crippen LogP contribution is -2.29. The molecule has 6 rings (SSSR count). The zero-order valence-corrected chi connectivity index (χ0v) is 22.8. The van der Waals surface area contributed by atoms with Gasteiger partial charge in [-0.1, -0.05) is 46.8 Å². The summed E-state index contributed by atoms with van der Waals surface area (Å²) in [7, 11) is 0. The van der Waals surface area contributed by atoms with Crippen LogP contribution in [0.3, 0.4) is 0 Å². The van der Waals surface area contributed by atoms with Crippen LogP contribution in [0.15, 0.2) is 82.8 Å². The standard InChI is InChI=1S/C28H32N6O2S2/c1-3-7-25(8-4-1)37-19-21-15-33(31-29-21)17-23-11-13-27(35-23)28-14-12-24(36-28)18-34-16-22(30-32-34)20-38-26-9-5-2-6-10-26/h1-10,15-16,23-24,27-28H,11-14,17-20H2. The summed E-state index contributed by atoms with van der Waals surface area (Å²) in [5.74, 6) is 1.63. The number of nitrogens with zero attached hydrogens (tertiary/aromatic N) is 6. The van der Waals surface area contributed by atoms with Crippen LogP contribution in [0, 0.1) is 0 Å². The van der Waals surface area contributed by atoms with Gasteiger partial charge in [0.2, 0.25) is 0 Å². The van der Waals surface area contributed by atoms with Gasteiger partial charge in [-0.15, -0.1) is 33.7 Å². The quantitative estimate of drug-likeness (QED) is 0.235. The Balaban J connectivity index is 0.925. The molecule has 4 heterocycles. The van der Waals surface area contributed by atoms with Crippen LogP contribution in [-0.2, 0) is 34.1 Å². The molecule has 2 aromatic heterocycles. The van der Waals surface area contributed by atoms with Crippen molar-refractivity contribution < 1.29 is 9.47 Å². The third kappa shape index (κ3) is 6.85. The van der Waals surface area contributed by atoms with Gasteiger partial charge in [0.25, 0.3) is 0 Å². The Morgan fingerprint density at radius 1 is 0.632 bits per heavy atom. The Bertz CT molecular complexity index is 1190. The summed E-state index contributed by atoms with van der Waals surface area (Å²) >= 11 is 3.55. The molecule has 10 heteroatoms. The molecule has 0 N–H and O–H groups in total. The van der Waals surface area contributed by atoms with Gasteiger partial charge in [-0.25, -0.2) is 9.36 Å². The zero-order chi connectivity index (χ0) is 25.6. The lowest BCUT2D eigenvalue weighted by Gasteiger charge is -2.20. The molecule has 2 saturated heterocycles. The van der Waals surface area contributed by atoms with Gasteiger partial charge >= 0.3 is 0 Å². The van der Waals surface area contributed by atoms with Gasteiger partial charge in [0.1, 0.15) is 0 Å². The van der Waals surface area contributed by atoms with Gasteiger partial charge in [0.05, 0.1) is 48.9 Å². The Kier molecular flexibility index (Phi) is 8.40. The van der Waals surface area contributed by atoms with E-state index in [0.717, 1.165) is 61.7 Å². The van der Waals surface area contributed by atoms with Crippen molar-refractivity contribution in [3.63, 3.8) is 0 Å². The first kappa shape index (κ1) is 25.6. The highest BCUT2D eigenvalue weighted by Gasteiger charge is 2.37. The number of aromatic nitrogens is 6. The maximum Gasteiger partial charge on any atom is 0.0929 e. The lowest BCUT2D eigenvalue weighted by molar-refractivity contribution is -0.0713. The first-order valence-corrected chi connectivity index (χ1v) is 15.2. The minimum absolute atomic E-state index is 0.148. The fraction of sp³-hybridized carbons (Fsp3) is 0.429. The van der Waals surface area contributed by atoms with Crippen LogP contribution in [0.25, 0.3) is 0 Å². The second kappa shape index (κ2) is 12.5. The number of benzene rings is 2. The highest BCUT2D eigenvalue weighted by molar-refractivity contribution is 7.98. The maximum atomic E-state index is 6.41. The second-order valence-electron chi connectivity index (χ2n) is 9.82. The number of ether oxygens (including phenoxy) is 2. The molecule has 2 fully saturated rings. The number of hydrogen-bond acceptors (Lipinski definition) is 8. The van der Waals surface area contributed by atoms with Crippen LogP contribution < -0.4 is 0 Å². The third-order valence-corrected chi connectivity index (χ3v) is 9.00. The van der Waals surface area contributed by atoms with Crippen molar-refractivity contribution >= 4 is 23.5 Å². The van der Waals surface area contributed by atoms with Gasteiger partial charge in [0.15, 0.2) is 0 Å². The summed E-state index contributed by atoms with van der Waals surface area (Å²) in [5.41, 5.74) is 1.98. The Labute approximate surface area is 231 Å². The van der Waals surface area contributed by atoms with Crippen LogP contribution in [0.5, 0.6) is 0 Å². The number of rotatable bonds is 11. The highest BCUT2D eigenvalue weighted by Crippen LogP contribution is 2.32. The van der Waals surface area contributed by atoms with E-state index in [9.17, 15) is 0 Å². The van der Waals surface area contributed by atoms with Gasteiger partial charge in [-0.3, -0.25) is 0 Å². The maximum absolute atomic E-state index is 6.41. The van der Waals surface area contributed by atoms with Gasteiger partial charge in [0, 0.05) is 33.7 Å². The van der Waals surface area contributed by atoms with E-state index >= 15 is 0 Å². The second-order valence-corrected chi connectivity index (χ2v) is 11.9. The molecular formula is C28H32N6O2S2. The topological polar surface area (TPSA) is 79.9 Å². The van der Waals surface area contributed by atoms with E-state index in [1.54, 1.807) is 23.5 Å². The molecule has 4 unspecified atom stereocenters. The molecule has 2 aromatic carbocycles. The first-order valence-electron chi connectivity index (χ1n) is 13.2. The van der Waals surface area contributed by atoms with Crippen molar-refractivity contribution in [3.05, 3.63) is 84.4 Å². The molecule has 4 atom stereocenters. The Hall–Kier alpha value is -2.66. The van der Waals surface area contributed by atoms with Crippen molar-refractivity contribution in [2.45, 2.75) is 84.5 Å². The molecule has 0 spiro atoms. The van der Waals surface area contributed by atoms with Crippen LogP contribution in [0.1, 0.15) is 37.1 Å². The predicted octanol–water partition coefficient (Wildman–Crippen LogP) is 5.25. The highest BCUT2D eigenvalue weighted by atomic mass is 32.2. The molecule has 8 nitrogen and oxygen atoms in total. The van der Waals surface area contributed by atoms with Crippen molar-refractivity contribution in [1.82, 2.24) is 30.0 Å². The van der Waals surface area contributed by atoms with Crippen LogP contribution >= 0.6 is 23.5 Å². The number of thioether (sulfide) groups is 2. The molecule has 0 radical (unpaired) electrons. The molecule has 38 heavy (non-hydrogen) atoms. The molecule has 0 amide bonds. The van der Waals surface area contributed by atoms with Gasteiger partial charge in [-0.05, 0) is 49.9 Å². The molecule has 0 aliphatic carbocycles. The summed E-state index contributed by atoms with van der Waals surface area (Å²) < 4.78 is 16.7. The van der Waals surface area contributed by atoms with E-state index in [1.807, 2.05) is 33.9 Å². The largest absolute Gasteiger partial charge is 0.370 e. The average molecular weight is 549 g/mol. The van der Waals surface area contributed by atoms with Crippen molar-refractivity contribution in [2.75, 3.05) is 0 Å². The van der Waals surface area contributed by atoms with Gasteiger partial charge in [-0.2, -0.15) is 0 Å². The molecule has 0 bridgehead atoms. The van der Waals surface area contributed by atoms with Crippen LogP contribution in [0.2, 0.25) is 0 Å². The third-order valence-electron chi connectivity index (χ3n) is 6.91. The summed E-state index contributed by atoms with van der Waals surface area (Å²) in [6.45, 7) is 1.47. The average Bonchev–Trinajstić information content (AvgIpc) is 3.77. The van der Waals surface area contributed by atoms with E-state index in [4.69, 9.17) is 9.47 Å². The Morgan fingerprint density at radius 2 is 1.08 bits per heavy atom. The zero-order valence-electron chi connectivity index (χ0n) is 21.2.